The van der Waals surface area contributed by atoms with Gasteiger partial charge in [-0.3, -0.25) is 24.4 Å². The average Bonchev–Trinajstić information content (AvgIpc) is 3.52. The highest BCUT2D eigenvalue weighted by Crippen LogP contribution is 2.46. The van der Waals surface area contributed by atoms with E-state index >= 15 is 0 Å². The van der Waals surface area contributed by atoms with Crippen LogP contribution in [0.1, 0.15) is 54.1 Å². The molecule has 15 heteroatoms. The number of amides is 4. The van der Waals surface area contributed by atoms with E-state index in [0.717, 1.165) is 24.1 Å². The Balaban J connectivity index is 1.33. The van der Waals surface area contributed by atoms with Crippen LogP contribution in [0.4, 0.5) is 18.0 Å². The number of ether oxygens (including phenoxy) is 1. The lowest BCUT2D eigenvalue weighted by Gasteiger charge is -2.40. The number of nitrogens with zero attached hydrogens (tertiary/aromatic N) is 5. The summed E-state index contributed by atoms with van der Waals surface area (Å²) in [7, 11) is 0. The van der Waals surface area contributed by atoms with Crippen LogP contribution < -0.4 is 10.5 Å². The molecule has 3 aliphatic heterocycles. The molecule has 2 N–H and O–H groups in total. The molecule has 3 aliphatic rings. The Hall–Kier alpha value is -4.33. The summed E-state index contributed by atoms with van der Waals surface area (Å²) in [5, 5.41) is 0.990. The predicted octanol–water partition coefficient (Wildman–Crippen LogP) is 6.42. The molecule has 2 saturated heterocycles. The molecule has 3 aromatic rings. The molecule has 3 atom stereocenters. The molecule has 4 amide bonds. The quantitative estimate of drug-likeness (QED) is 0.285. The molecule has 0 saturated carbocycles. The largest absolute Gasteiger partial charge is 0.493 e. The highest BCUT2D eigenvalue weighted by Gasteiger charge is 2.45. The summed E-state index contributed by atoms with van der Waals surface area (Å²) < 4.78 is 47.3. The number of hydrogen-bond acceptors (Lipinski definition) is 6. The van der Waals surface area contributed by atoms with Crippen LogP contribution in [0, 0.1) is 5.92 Å². The number of rotatable bonds is 8. The molecular formula is C37H39Cl2F3N6O4. The SMILES string of the molecule is CCOc1cc(C(F)(F)F)ccc1C1=NC(c2ccc(Cl)cc2)C(c2ccc(Cl)cc2)N1C(=O)N1CCN(C(=O)CN2CCCC(C(N)=O)C2)CC1. The molecule has 6 rings (SSSR count). The Morgan fingerprint density at radius 1 is 0.885 bits per heavy atom. The second-order valence-electron chi connectivity index (χ2n) is 13.1. The zero-order chi connectivity index (χ0) is 37.2. The van der Waals surface area contributed by atoms with E-state index in [0.29, 0.717) is 35.1 Å². The molecule has 52 heavy (non-hydrogen) atoms. The molecule has 3 aromatic carbocycles. The van der Waals surface area contributed by atoms with E-state index in [4.69, 9.17) is 38.7 Å². The summed E-state index contributed by atoms with van der Waals surface area (Å²) in [6.45, 7) is 3.99. The van der Waals surface area contributed by atoms with Crippen molar-refractivity contribution in [3.05, 3.63) is 99.0 Å². The lowest BCUT2D eigenvalue weighted by Crippen LogP contribution is -2.56. The van der Waals surface area contributed by atoms with E-state index in [1.54, 1.807) is 65.3 Å². The number of likely N-dealkylation sites (tertiary alicyclic amines) is 1. The first-order chi connectivity index (χ1) is 24.8. The minimum Gasteiger partial charge on any atom is -0.493 e. The smallest absolute Gasteiger partial charge is 0.416 e. The molecular weight excluding hydrogens is 720 g/mol. The van der Waals surface area contributed by atoms with Gasteiger partial charge in [0.2, 0.25) is 11.8 Å². The number of halogens is 5. The highest BCUT2D eigenvalue weighted by molar-refractivity contribution is 6.30. The highest BCUT2D eigenvalue weighted by atomic mass is 35.5. The number of aliphatic imine (C=N–C) groups is 1. The van der Waals surface area contributed by atoms with Gasteiger partial charge < -0.3 is 20.3 Å². The molecule has 10 nitrogen and oxygen atoms in total. The number of nitrogens with two attached hydrogens (primary N) is 1. The van der Waals surface area contributed by atoms with Crippen molar-refractivity contribution in [2.24, 2.45) is 16.6 Å². The third-order valence-corrected chi connectivity index (χ3v) is 10.2. The van der Waals surface area contributed by atoms with Gasteiger partial charge in [-0.05, 0) is 79.9 Å². The fourth-order valence-corrected chi connectivity index (χ4v) is 7.29. The number of amidine groups is 1. The summed E-state index contributed by atoms with van der Waals surface area (Å²) in [4.78, 5) is 51.7. The van der Waals surface area contributed by atoms with Crippen molar-refractivity contribution in [3.8, 4) is 5.75 Å². The van der Waals surface area contributed by atoms with Gasteiger partial charge in [-0.25, -0.2) is 4.79 Å². The third-order valence-electron chi connectivity index (χ3n) is 9.72. The summed E-state index contributed by atoms with van der Waals surface area (Å²) in [5.41, 5.74) is 6.28. The van der Waals surface area contributed by atoms with Crippen molar-refractivity contribution in [1.82, 2.24) is 19.6 Å². The van der Waals surface area contributed by atoms with E-state index < -0.39 is 29.9 Å². The zero-order valence-corrected chi connectivity index (χ0v) is 30.0. The lowest BCUT2D eigenvalue weighted by molar-refractivity contribution is -0.137. The number of benzene rings is 3. The Kier molecular flexibility index (Phi) is 11.3. The van der Waals surface area contributed by atoms with Gasteiger partial charge in [-0.1, -0.05) is 47.5 Å². The number of piperazine rings is 1. The minimum atomic E-state index is -4.62. The van der Waals surface area contributed by atoms with Crippen molar-refractivity contribution in [3.63, 3.8) is 0 Å². The molecule has 0 aromatic heterocycles. The van der Waals surface area contributed by atoms with E-state index in [-0.39, 0.29) is 74.2 Å². The minimum absolute atomic E-state index is 0.0628. The normalized spacial score (nSPS) is 21.2. The zero-order valence-electron chi connectivity index (χ0n) is 28.5. The van der Waals surface area contributed by atoms with Crippen LogP contribution in [0.2, 0.25) is 10.0 Å². The summed E-state index contributed by atoms with van der Waals surface area (Å²) in [6.07, 6.45) is -3.14. The Labute approximate surface area is 309 Å². The summed E-state index contributed by atoms with van der Waals surface area (Å²) >= 11 is 12.5. The van der Waals surface area contributed by atoms with E-state index in [1.165, 1.54) is 11.0 Å². The number of carbonyl (C=O) groups excluding carboxylic acids is 3. The van der Waals surface area contributed by atoms with Gasteiger partial charge in [0, 0.05) is 42.8 Å². The number of urea groups is 1. The van der Waals surface area contributed by atoms with Crippen LogP contribution in [-0.4, -0.2) is 95.7 Å². The molecule has 3 heterocycles. The van der Waals surface area contributed by atoms with Crippen molar-refractivity contribution in [1.29, 1.82) is 0 Å². The Bertz CT molecular complexity index is 1820. The van der Waals surface area contributed by atoms with Crippen LogP contribution in [0.5, 0.6) is 5.75 Å². The first-order valence-corrected chi connectivity index (χ1v) is 17.9. The number of carbonyl (C=O) groups is 3. The molecule has 0 spiro atoms. The second kappa shape index (κ2) is 15.7. The maximum absolute atomic E-state index is 14.8. The molecule has 276 valence electrons. The van der Waals surface area contributed by atoms with Gasteiger partial charge in [0.05, 0.1) is 36.2 Å². The second-order valence-corrected chi connectivity index (χ2v) is 14.0. The topological polar surface area (TPSA) is 112 Å². The van der Waals surface area contributed by atoms with Gasteiger partial charge >= 0.3 is 12.2 Å². The van der Waals surface area contributed by atoms with Gasteiger partial charge in [0.1, 0.15) is 17.6 Å². The Morgan fingerprint density at radius 2 is 1.50 bits per heavy atom. The molecule has 0 bridgehead atoms. The molecule has 3 unspecified atom stereocenters. The van der Waals surface area contributed by atoms with Gasteiger partial charge in [0.25, 0.3) is 0 Å². The van der Waals surface area contributed by atoms with Crippen LogP contribution in [0.15, 0.2) is 71.7 Å². The standard InChI is InChI=1S/C37H39Cl2F3N6O4/c1-2-52-30-20-26(37(40,41)42)9-14-29(30)35-44-32(23-5-10-27(38)11-6-23)33(24-7-12-28(39)13-8-24)48(35)36(51)47-18-16-46(17-19-47)31(49)22-45-15-3-4-25(21-45)34(43)50/h5-14,20,25,32-33H,2-4,15-19,21-22H2,1H3,(H2,43,50). The van der Waals surface area contributed by atoms with Crippen LogP contribution in [0.3, 0.4) is 0 Å². The lowest BCUT2D eigenvalue weighted by atomic mass is 9.93. The molecule has 2 fully saturated rings. The van der Waals surface area contributed by atoms with E-state index in [9.17, 15) is 27.6 Å². The molecule has 0 aliphatic carbocycles. The molecule has 0 radical (unpaired) electrons. The van der Waals surface area contributed by atoms with Gasteiger partial charge in [-0.2, -0.15) is 13.2 Å². The van der Waals surface area contributed by atoms with Gasteiger partial charge in [0.15, 0.2) is 0 Å². The van der Waals surface area contributed by atoms with Crippen molar-refractivity contribution >= 4 is 46.9 Å². The number of piperidine rings is 1. The number of alkyl halides is 3. The maximum Gasteiger partial charge on any atom is 0.416 e. The van der Waals surface area contributed by atoms with Crippen LogP contribution >= 0.6 is 23.2 Å². The first kappa shape index (κ1) is 37.4. The van der Waals surface area contributed by atoms with Crippen molar-refractivity contribution in [2.75, 3.05) is 52.4 Å². The van der Waals surface area contributed by atoms with Crippen molar-refractivity contribution < 1.29 is 32.3 Å². The van der Waals surface area contributed by atoms with Crippen LogP contribution in [-0.2, 0) is 15.8 Å². The van der Waals surface area contributed by atoms with E-state index in [1.807, 2.05) is 4.90 Å². The average molecular weight is 760 g/mol. The number of hydrogen-bond donors (Lipinski definition) is 1. The number of primary amides is 1. The fraction of sp³-hybridized carbons (Fsp3) is 0.405. The fourth-order valence-electron chi connectivity index (χ4n) is 7.03. The monoisotopic (exact) mass is 758 g/mol. The summed E-state index contributed by atoms with van der Waals surface area (Å²) in [6, 6.07) is 15.4. The van der Waals surface area contributed by atoms with E-state index in [2.05, 4.69) is 0 Å². The first-order valence-electron chi connectivity index (χ1n) is 17.1. The van der Waals surface area contributed by atoms with Crippen LogP contribution in [0.25, 0.3) is 0 Å². The summed E-state index contributed by atoms with van der Waals surface area (Å²) in [5.74, 6) is -0.671. The third kappa shape index (κ3) is 8.16. The Morgan fingerprint density at radius 3 is 2.10 bits per heavy atom. The van der Waals surface area contributed by atoms with Gasteiger partial charge in [-0.15, -0.1) is 0 Å². The predicted molar refractivity (Wildman–Crippen MR) is 191 cm³/mol. The van der Waals surface area contributed by atoms with Crippen molar-refractivity contribution in [2.45, 2.75) is 38.0 Å². The maximum atomic E-state index is 14.8.